The molecular formula is C18H18N4O4S. The standard InChI is InChI=1S/C18H18N4O4S/c1-23-8-6-22(11-13-10-15(26-21-13)14-4-2-7-24-14)12-17-19-20-18(25-17)16-5-3-9-27-16/h2-5,7,9-10H,6,8,11-12H2,1H3. The van der Waals surface area contributed by atoms with Gasteiger partial charge in [-0.05, 0) is 23.6 Å². The second kappa shape index (κ2) is 8.30. The Balaban J connectivity index is 1.45. The number of methoxy groups -OCH3 is 1. The molecule has 8 nitrogen and oxygen atoms in total. The van der Waals surface area contributed by atoms with Crippen molar-refractivity contribution in [3.63, 3.8) is 0 Å². The molecule has 27 heavy (non-hydrogen) atoms. The molecule has 0 fully saturated rings. The Labute approximate surface area is 159 Å². The molecule has 0 amide bonds. The number of ether oxygens (including phenoxy) is 1. The van der Waals surface area contributed by atoms with Gasteiger partial charge in [-0.15, -0.1) is 21.5 Å². The molecular weight excluding hydrogens is 368 g/mol. The first-order valence-corrected chi connectivity index (χ1v) is 9.27. The Morgan fingerprint density at radius 1 is 1.15 bits per heavy atom. The van der Waals surface area contributed by atoms with Crippen molar-refractivity contribution >= 4 is 11.3 Å². The average Bonchev–Trinajstić information content (AvgIpc) is 3.47. The van der Waals surface area contributed by atoms with E-state index in [9.17, 15) is 0 Å². The van der Waals surface area contributed by atoms with E-state index >= 15 is 0 Å². The molecule has 4 heterocycles. The van der Waals surface area contributed by atoms with E-state index in [1.165, 1.54) is 0 Å². The molecule has 0 N–H and O–H groups in total. The van der Waals surface area contributed by atoms with Crippen LogP contribution in [0.3, 0.4) is 0 Å². The molecule has 0 aliphatic heterocycles. The molecule has 140 valence electrons. The van der Waals surface area contributed by atoms with Crippen molar-refractivity contribution in [2.24, 2.45) is 0 Å². The smallest absolute Gasteiger partial charge is 0.257 e. The van der Waals surface area contributed by atoms with Crippen LogP contribution in [0.2, 0.25) is 0 Å². The van der Waals surface area contributed by atoms with Crippen molar-refractivity contribution in [3.8, 4) is 22.3 Å². The fourth-order valence-electron chi connectivity index (χ4n) is 2.59. The Kier molecular flexibility index (Phi) is 5.42. The summed E-state index contributed by atoms with van der Waals surface area (Å²) in [7, 11) is 1.67. The van der Waals surface area contributed by atoms with Gasteiger partial charge in [-0.2, -0.15) is 0 Å². The van der Waals surface area contributed by atoms with Crippen LogP contribution in [0.5, 0.6) is 0 Å². The van der Waals surface area contributed by atoms with E-state index in [2.05, 4.69) is 20.3 Å². The number of aromatic nitrogens is 3. The number of hydrogen-bond acceptors (Lipinski definition) is 9. The van der Waals surface area contributed by atoms with Crippen LogP contribution in [0, 0.1) is 0 Å². The van der Waals surface area contributed by atoms with Crippen molar-refractivity contribution in [3.05, 3.63) is 53.6 Å². The molecule has 0 bridgehead atoms. The number of furan rings is 1. The van der Waals surface area contributed by atoms with Gasteiger partial charge in [0.2, 0.25) is 11.7 Å². The van der Waals surface area contributed by atoms with Gasteiger partial charge in [-0.25, -0.2) is 0 Å². The lowest BCUT2D eigenvalue weighted by Crippen LogP contribution is -2.27. The van der Waals surface area contributed by atoms with E-state index in [1.54, 1.807) is 24.7 Å². The summed E-state index contributed by atoms with van der Waals surface area (Å²) in [5, 5.41) is 14.4. The highest BCUT2D eigenvalue weighted by Crippen LogP contribution is 2.24. The molecule has 9 heteroatoms. The zero-order valence-electron chi connectivity index (χ0n) is 14.7. The zero-order valence-corrected chi connectivity index (χ0v) is 15.5. The number of thiophene rings is 1. The molecule has 0 atom stereocenters. The molecule has 4 aromatic rings. The van der Waals surface area contributed by atoms with Gasteiger partial charge in [-0.3, -0.25) is 4.90 Å². The third-order valence-corrected chi connectivity index (χ3v) is 4.74. The summed E-state index contributed by atoms with van der Waals surface area (Å²) in [5.74, 6) is 2.33. The van der Waals surface area contributed by atoms with Crippen LogP contribution in [0.4, 0.5) is 0 Å². The van der Waals surface area contributed by atoms with Crippen molar-refractivity contribution in [2.45, 2.75) is 13.1 Å². The Morgan fingerprint density at radius 3 is 2.89 bits per heavy atom. The molecule has 4 rings (SSSR count). The van der Waals surface area contributed by atoms with E-state index < -0.39 is 0 Å². The van der Waals surface area contributed by atoms with Crippen LogP contribution in [0.15, 0.2) is 55.3 Å². The van der Waals surface area contributed by atoms with Crippen molar-refractivity contribution in [1.82, 2.24) is 20.3 Å². The number of hydrogen-bond donors (Lipinski definition) is 0. The summed E-state index contributed by atoms with van der Waals surface area (Å²) in [6.07, 6.45) is 1.60. The minimum Gasteiger partial charge on any atom is -0.461 e. The van der Waals surface area contributed by atoms with Gasteiger partial charge in [0.1, 0.15) is 0 Å². The number of rotatable bonds is 9. The average molecular weight is 386 g/mol. The first-order chi connectivity index (χ1) is 13.3. The van der Waals surface area contributed by atoms with Crippen LogP contribution in [0.25, 0.3) is 22.3 Å². The largest absolute Gasteiger partial charge is 0.461 e. The molecule has 0 aliphatic rings. The van der Waals surface area contributed by atoms with Gasteiger partial charge in [0.05, 0.1) is 30.0 Å². The van der Waals surface area contributed by atoms with Crippen LogP contribution >= 0.6 is 11.3 Å². The maximum atomic E-state index is 5.79. The van der Waals surface area contributed by atoms with Gasteiger partial charge in [0, 0.05) is 26.3 Å². The summed E-state index contributed by atoms with van der Waals surface area (Å²) in [4.78, 5) is 3.07. The molecule has 0 unspecified atom stereocenters. The van der Waals surface area contributed by atoms with Gasteiger partial charge in [-0.1, -0.05) is 11.2 Å². The van der Waals surface area contributed by atoms with E-state index in [-0.39, 0.29) is 0 Å². The van der Waals surface area contributed by atoms with Crippen molar-refractivity contribution < 1.29 is 18.1 Å². The quantitative estimate of drug-likeness (QED) is 0.430. The molecule has 0 saturated heterocycles. The van der Waals surface area contributed by atoms with Crippen LogP contribution in [0.1, 0.15) is 11.6 Å². The van der Waals surface area contributed by atoms with Gasteiger partial charge < -0.3 is 18.1 Å². The normalized spacial score (nSPS) is 11.5. The Hall–Kier alpha value is -2.75. The van der Waals surface area contributed by atoms with E-state index in [0.717, 1.165) is 10.6 Å². The Bertz CT molecular complexity index is 872. The van der Waals surface area contributed by atoms with Gasteiger partial charge in [0.15, 0.2) is 5.76 Å². The van der Waals surface area contributed by atoms with Crippen molar-refractivity contribution in [2.75, 3.05) is 20.3 Å². The van der Waals surface area contributed by atoms with E-state index in [1.807, 2.05) is 35.7 Å². The van der Waals surface area contributed by atoms with E-state index in [0.29, 0.717) is 49.5 Å². The summed E-state index contributed by atoms with van der Waals surface area (Å²) in [6.45, 7) is 2.32. The van der Waals surface area contributed by atoms with Crippen LogP contribution < -0.4 is 0 Å². The minimum atomic E-state index is 0.491. The summed E-state index contributed by atoms with van der Waals surface area (Å²) in [6, 6.07) is 9.41. The first-order valence-electron chi connectivity index (χ1n) is 8.39. The lowest BCUT2D eigenvalue weighted by Gasteiger charge is -2.18. The number of nitrogens with zero attached hydrogens (tertiary/aromatic N) is 4. The summed E-state index contributed by atoms with van der Waals surface area (Å²) in [5.41, 5.74) is 0.787. The lowest BCUT2D eigenvalue weighted by molar-refractivity contribution is 0.132. The highest BCUT2D eigenvalue weighted by Gasteiger charge is 2.16. The first kappa shape index (κ1) is 17.7. The highest BCUT2D eigenvalue weighted by molar-refractivity contribution is 7.13. The third-order valence-electron chi connectivity index (χ3n) is 3.88. The fraction of sp³-hybridized carbons (Fsp3) is 0.278. The SMILES string of the molecule is COCCN(Cc1cc(-c2ccco2)on1)Cc1nnc(-c2cccs2)o1. The molecule has 0 aliphatic carbocycles. The maximum Gasteiger partial charge on any atom is 0.257 e. The van der Waals surface area contributed by atoms with E-state index in [4.69, 9.17) is 18.1 Å². The highest BCUT2D eigenvalue weighted by atomic mass is 32.1. The van der Waals surface area contributed by atoms with Gasteiger partial charge >= 0.3 is 0 Å². The summed E-state index contributed by atoms with van der Waals surface area (Å²) >= 11 is 1.57. The molecule has 0 spiro atoms. The molecule has 0 aromatic carbocycles. The third kappa shape index (κ3) is 4.33. The summed E-state index contributed by atoms with van der Waals surface area (Å²) < 4.78 is 21.7. The second-order valence-corrected chi connectivity index (χ2v) is 6.79. The zero-order chi connectivity index (χ0) is 18.5. The maximum absolute atomic E-state index is 5.79. The van der Waals surface area contributed by atoms with Crippen LogP contribution in [-0.2, 0) is 17.8 Å². The topological polar surface area (TPSA) is 90.6 Å². The predicted octanol–water partition coefficient (Wildman–Crippen LogP) is 3.69. The van der Waals surface area contributed by atoms with Crippen LogP contribution in [-0.4, -0.2) is 40.5 Å². The monoisotopic (exact) mass is 386 g/mol. The lowest BCUT2D eigenvalue weighted by atomic mass is 10.3. The minimum absolute atomic E-state index is 0.491. The van der Waals surface area contributed by atoms with Gasteiger partial charge in [0.25, 0.3) is 5.89 Å². The predicted molar refractivity (Wildman–Crippen MR) is 97.8 cm³/mol. The Morgan fingerprint density at radius 2 is 2.11 bits per heavy atom. The molecule has 0 radical (unpaired) electrons. The molecule has 4 aromatic heterocycles. The van der Waals surface area contributed by atoms with Crippen molar-refractivity contribution in [1.29, 1.82) is 0 Å². The fourth-order valence-corrected chi connectivity index (χ4v) is 3.24. The second-order valence-electron chi connectivity index (χ2n) is 5.84. The molecule has 0 saturated carbocycles.